The van der Waals surface area contributed by atoms with Crippen molar-refractivity contribution in [3.63, 3.8) is 0 Å². The van der Waals surface area contributed by atoms with Gasteiger partial charge in [0.25, 0.3) is 0 Å². The van der Waals surface area contributed by atoms with Crippen molar-refractivity contribution in [3.8, 4) is 0 Å². The van der Waals surface area contributed by atoms with Gasteiger partial charge in [-0.3, -0.25) is 10.1 Å². The second kappa shape index (κ2) is 7.73. The molecule has 0 aliphatic heterocycles. The number of halogens is 1. The Morgan fingerprint density at radius 2 is 1.75 bits per heavy atom. The number of ketones is 1. The van der Waals surface area contributed by atoms with Crippen molar-refractivity contribution in [2.75, 3.05) is 0 Å². The van der Waals surface area contributed by atoms with Crippen LogP contribution in [0.4, 0.5) is 0 Å². The maximum Gasteiger partial charge on any atom is 0.335 e. The molecular weight excluding hydrogens is 369 g/mol. The molecule has 0 amide bonds. The molecule has 0 fully saturated rings. The van der Waals surface area contributed by atoms with Gasteiger partial charge in [0, 0.05) is 5.92 Å². The first-order chi connectivity index (χ1) is 9.31. The van der Waals surface area contributed by atoms with Crippen molar-refractivity contribution in [3.05, 3.63) is 35.4 Å². The van der Waals surface area contributed by atoms with E-state index < -0.39 is 5.97 Å². The fraction of sp³-hybridized carbons (Fsp3) is 0.467. The lowest BCUT2D eigenvalue weighted by Gasteiger charge is -2.21. The molecule has 2 unspecified atom stereocenters. The molecule has 0 aliphatic rings. The molecular formula is C15H20INO3. The summed E-state index contributed by atoms with van der Waals surface area (Å²) in [4.78, 5) is 23.0. The van der Waals surface area contributed by atoms with E-state index in [1.54, 1.807) is 24.3 Å². The Hall–Kier alpha value is -0.950. The molecule has 1 aromatic rings. The van der Waals surface area contributed by atoms with Crippen molar-refractivity contribution >= 4 is 34.3 Å². The number of hydrogen-bond donors (Lipinski definition) is 2. The van der Waals surface area contributed by atoms with Crippen LogP contribution in [0.1, 0.15) is 36.7 Å². The van der Waals surface area contributed by atoms with Gasteiger partial charge in [-0.15, -0.1) is 0 Å². The smallest absolute Gasteiger partial charge is 0.335 e. The average molecular weight is 389 g/mol. The summed E-state index contributed by atoms with van der Waals surface area (Å²) in [5, 5.41) is 12.1. The second-order valence-corrected chi connectivity index (χ2v) is 6.97. The molecule has 0 saturated carbocycles. The van der Waals surface area contributed by atoms with Gasteiger partial charge in [0.1, 0.15) is 0 Å². The molecule has 0 aliphatic carbocycles. The van der Waals surface area contributed by atoms with Crippen LogP contribution in [0.25, 0.3) is 0 Å². The van der Waals surface area contributed by atoms with Crippen LogP contribution in [-0.4, -0.2) is 26.9 Å². The van der Waals surface area contributed by atoms with E-state index in [0.29, 0.717) is 6.42 Å². The van der Waals surface area contributed by atoms with Gasteiger partial charge >= 0.3 is 5.97 Å². The molecule has 0 heterocycles. The number of aromatic carboxylic acids is 1. The number of hydrogen-bond acceptors (Lipinski definition) is 3. The Kier molecular flexibility index (Phi) is 6.61. The van der Waals surface area contributed by atoms with Crippen molar-refractivity contribution in [2.24, 2.45) is 5.92 Å². The molecule has 4 nitrogen and oxygen atoms in total. The number of carbonyl (C=O) groups excluding carboxylic acids is 1. The highest BCUT2D eigenvalue weighted by molar-refractivity contribution is 14.1. The zero-order valence-electron chi connectivity index (χ0n) is 11.9. The molecule has 2 N–H and O–H groups in total. The Labute approximate surface area is 133 Å². The highest BCUT2D eigenvalue weighted by Crippen LogP contribution is 2.12. The van der Waals surface area contributed by atoms with Crippen LogP contribution in [0.5, 0.6) is 0 Å². The third-order valence-electron chi connectivity index (χ3n) is 2.98. The molecule has 5 heteroatoms. The summed E-state index contributed by atoms with van der Waals surface area (Å²) in [6, 6.07) is 6.44. The normalized spacial score (nSPS) is 14.1. The average Bonchev–Trinajstić information content (AvgIpc) is 2.37. The SMILES string of the molecule is CC(I)NC(Cc1ccc(C(=O)O)cc1)C(=O)C(C)C. The van der Waals surface area contributed by atoms with E-state index in [9.17, 15) is 9.59 Å². The van der Waals surface area contributed by atoms with Gasteiger partial charge < -0.3 is 5.11 Å². The molecule has 0 aromatic heterocycles. The minimum absolute atomic E-state index is 0.0269. The second-order valence-electron chi connectivity index (χ2n) is 5.10. The molecule has 1 aromatic carbocycles. The summed E-state index contributed by atoms with van der Waals surface area (Å²) in [5.41, 5.74) is 1.22. The lowest BCUT2D eigenvalue weighted by Crippen LogP contribution is -2.43. The largest absolute Gasteiger partial charge is 0.478 e. The zero-order chi connectivity index (χ0) is 15.3. The van der Waals surface area contributed by atoms with Crippen LogP contribution in [0, 0.1) is 5.92 Å². The number of rotatable bonds is 7. The number of Topliss-reactive ketones (excluding diaryl/α,β-unsaturated/α-hetero) is 1. The van der Waals surface area contributed by atoms with Crippen LogP contribution in [0.15, 0.2) is 24.3 Å². The summed E-state index contributed by atoms with van der Waals surface area (Å²) >= 11 is 2.23. The number of alkyl halides is 1. The fourth-order valence-electron chi connectivity index (χ4n) is 1.94. The van der Waals surface area contributed by atoms with Gasteiger partial charge in [-0.25, -0.2) is 4.79 Å². The van der Waals surface area contributed by atoms with Gasteiger partial charge in [-0.05, 0) is 31.0 Å². The summed E-state index contributed by atoms with van der Waals surface area (Å²) < 4.78 is 0.193. The molecule has 0 bridgehead atoms. The number of carboxylic acids is 1. The van der Waals surface area contributed by atoms with Gasteiger partial charge in [-0.1, -0.05) is 48.6 Å². The lowest BCUT2D eigenvalue weighted by molar-refractivity contribution is -0.124. The van der Waals surface area contributed by atoms with Crippen LogP contribution in [0.2, 0.25) is 0 Å². The maximum absolute atomic E-state index is 12.2. The fourth-order valence-corrected chi connectivity index (χ4v) is 2.37. The minimum Gasteiger partial charge on any atom is -0.478 e. The Balaban J connectivity index is 2.83. The highest BCUT2D eigenvalue weighted by atomic mass is 127. The predicted octanol–water partition coefficient (Wildman–Crippen LogP) is 2.89. The van der Waals surface area contributed by atoms with E-state index in [4.69, 9.17) is 5.11 Å². The third kappa shape index (κ3) is 5.20. The van der Waals surface area contributed by atoms with Crippen LogP contribution in [0.3, 0.4) is 0 Å². The van der Waals surface area contributed by atoms with Gasteiger partial charge in [0.15, 0.2) is 5.78 Å². The monoisotopic (exact) mass is 389 g/mol. The first kappa shape index (κ1) is 17.1. The van der Waals surface area contributed by atoms with Gasteiger partial charge in [0.05, 0.1) is 15.7 Å². The molecule has 20 heavy (non-hydrogen) atoms. The maximum atomic E-state index is 12.2. The standard InChI is InChI=1S/C15H20INO3/c1-9(2)14(18)13(17-10(3)16)8-11-4-6-12(7-5-11)15(19)20/h4-7,9-10,13,17H,8H2,1-3H3,(H,19,20). The number of carbonyl (C=O) groups is 2. The van der Waals surface area contributed by atoms with E-state index in [1.807, 2.05) is 20.8 Å². The molecule has 2 atom stereocenters. The lowest BCUT2D eigenvalue weighted by atomic mass is 9.95. The van der Waals surface area contributed by atoms with Crippen molar-refractivity contribution < 1.29 is 14.7 Å². The highest BCUT2D eigenvalue weighted by Gasteiger charge is 2.22. The van der Waals surface area contributed by atoms with E-state index in [-0.39, 0.29) is 27.4 Å². The number of benzene rings is 1. The third-order valence-corrected chi connectivity index (χ3v) is 3.34. The number of nitrogens with one attached hydrogen (secondary N) is 1. The molecule has 0 saturated heterocycles. The van der Waals surface area contributed by atoms with Crippen LogP contribution < -0.4 is 5.32 Å². The molecule has 1 rings (SSSR count). The van der Waals surface area contributed by atoms with Crippen molar-refractivity contribution in [1.29, 1.82) is 0 Å². The van der Waals surface area contributed by atoms with Crippen LogP contribution >= 0.6 is 22.6 Å². The Bertz CT molecular complexity index is 469. The van der Waals surface area contributed by atoms with E-state index >= 15 is 0 Å². The van der Waals surface area contributed by atoms with E-state index in [1.165, 1.54) is 0 Å². The first-order valence-electron chi connectivity index (χ1n) is 6.57. The predicted molar refractivity (Wildman–Crippen MR) is 87.4 cm³/mol. The van der Waals surface area contributed by atoms with Gasteiger partial charge in [0.2, 0.25) is 0 Å². The quantitative estimate of drug-likeness (QED) is 0.428. The zero-order valence-corrected chi connectivity index (χ0v) is 14.0. The Morgan fingerprint density at radius 1 is 1.20 bits per heavy atom. The minimum atomic E-state index is -0.939. The molecule has 0 radical (unpaired) electrons. The summed E-state index contributed by atoms with van der Waals surface area (Å²) in [6.45, 7) is 5.78. The summed E-state index contributed by atoms with van der Waals surface area (Å²) in [6.07, 6.45) is 0.574. The number of carboxylic acid groups (broad SMARTS) is 1. The van der Waals surface area contributed by atoms with E-state index in [0.717, 1.165) is 5.56 Å². The molecule has 110 valence electrons. The van der Waals surface area contributed by atoms with Crippen molar-refractivity contribution in [1.82, 2.24) is 5.32 Å². The van der Waals surface area contributed by atoms with Crippen molar-refractivity contribution in [2.45, 2.75) is 37.3 Å². The first-order valence-corrected chi connectivity index (χ1v) is 7.82. The summed E-state index contributed by atoms with van der Waals surface area (Å²) in [7, 11) is 0. The topological polar surface area (TPSA) is 66.4 Å². The van der Waals surface area contributed by atoms with E-state index in [2.05, 4.69) is 27.9 Å². The Morgan fingerprint density at radius 3 is 2.15 bits per heavy atom. The molecule has 0 spiro atoms. The van der Waals surface area contributed by atoms with Crippen LogP contribution in [-0.2, 0) is 11.2 Å². The summed E-state index contributed by atoms with van der Waals surface area (Å²) in [5.74, 6) is -0.790. The van der Waals surface area contributed by atoms with Gasteiger partial charge in [-0.2, -0.15) is 0 Å².